The highest BCUT2D eigenvalue weighted by Gasteiger charge is 2.40. The number of aliphatic imine (C=N–C) groups is 1. The summed E-state index contributed by atoms with van der Waals surface area (Å²) < 4.78 is 4.92. The van der Waals surface area contributed by atoms with Gasteiger partial charge in [-0.25, -0.2) is 0 Å². The van der Waals surface area contributed by atoms with E-state index in [0.717, 1.165) is 45.0 Å². The molecule has 0 atom stereocenters. The third kappa shape index (κ3) is 5.90. The minimum Gasteiger partial charge on any atom is -0.469 e. The molecule has 0 radical (unpaired) electrons. The van der Waals surface area contributed by atoms with E-state index in [0.29, 0.717) is 0 Å². The lowest BCUT2D eigenvalue weighted by Gasteiger charge is -2.43. The van der Waals surface area contributed by atoms with Crippen LogP contribution in [0.25, 0.3) is 0 Å². The van der Waals surface area contributed by atoms with E-state index in [1.54, 1.807) is 0 Å². The summed E-state index contributed by atoms with van der Waals surface area (Å²) in [5, 5.41) is 3.49. The van der Waals surface area contributed by atoms with Crippen LogP contribution in [0.5, 0.6) is 0 Å². The molecule has 0 unspecified atom stereocenters. The van der Waals surface area contributed by atoms with E-state index >= 15 is 0 Å². The van der Waals surface area contributed by atoms with E-state index in [9.17, 15) is 4.79 Å². The second kappa shape index (κ2) is 11.8. The smallest absolute Gasteiger partial charge is 0.308 e. The fourth-order valence-electron chi connectivity index (χ4n) is 4.79. The summed E-state index contributed by atoms with van der Waals surface area (Å²) in [7, 11) is 1.49. The van der Waals surface area contributed by atoms with E-state index in [2.05, 4.69) is 33.8 Å². The van der Waals surface area contributed by atoms with Crippen LogP contribution >= 0.6 is 35.7 Å². The zero-order valence-electron chi connectivity index (χ0n) is 17.5. The number of nitrogens with zero attached hydrogens (tertiary/aromatic N) is 3. The lowest BCUT2D eigenvalue weighted by Crippen LogP contribution is -2.53. The van der Waals surface area contributed by atoms with Crippen molar-refractivity contribution in [2.24, 2.45) is 10.9 Å². The number of piperidine rings is 1. The number of hydrogen-bond acceptors (Lipinski definition) is 5. The Hall–Kier alpha value is -0.220. The van der Waals surface area contributed by atoms with E-state index < -0.39 is 0 Å². The first-order valence-corrected chi connectivity index (χ1v) is 11.8. The minimum atomic E-state index is -0.0653. The number of esters is 1. The maximum Gasteiger partial charge on any atom is 0.308 e. The summed E-state index contributed by atoms with van der Waals surface area (Å²) in [6.07, 6.45) is 6.94. The molecule has 2 heterocycles. The quantitative estimate of drug-likeness (QED) is 0.259. The van der Waals surface area contributed by atoms with Gasteiger partial charge in [-0.15, -0.1) is 24.0 Å². The molecule has 1 saturated carbocycles. The normalized spacial score (nSPS) is 23.9. The molecule has 0 spiro atoms. The number of methoxy groups -OCH3 is 1. The van der Waals surface area contributed by atoms with Gasteiger partial charge < -0.3 is 15.0 Å². The van der Waals surface area contributed by atoms with Crippen LogP contribution in [0, 0.1) is 5.92 Å². The lowest BCUT2D eigenvalue weighted by atomic mass is 9.94. The third-order valence-corrected chi connectivity index (χ3v) is 7.35. The van der Waals surface area contributed by atoms with Crippen LogP contribution in [-0.4, -0.2) is 85.2 Å². The van der Waals surface area contributed by atoms with Crippen molar-refractivity contribution in [3.05, 3.63) is 0 Å². The van der Waals surface area contributed by atoms with Gasteiger partial charge in [0.25, 0.3) is 0 Å². The maximum atomic E-state index is 11.8. The number of thioether (sulfide) groups is 1. The van der Waals surface area contributed by atoms with Crippen LogP contribution in [-0.2, 0) is 9.53 Å². The predicted molar refractivity (Wildman–Crippen MR) is 128 cm³/mol. The highest BCUT2D eigenvalue weighted by molar-refractivity contribution is 14.0. The third-order valence-electron chi connectivity index (χ3n) is 6.40. The van der Waals surface area contributed by atoms with Gasteiger partial charge in [0.2, 0.25) is 0 Å². The summed E-state index contributed by atoms with van der Waals surface area (Å²) in [6.45, 7) is 8.07. The lowest BCUT2D eigenvalue weighted by molar-refractivity contribution is -0.146. The number of nitrogens with one attached hydrogen (secondary N) is 1. The van der Waals surface area contributed by atoms with Crippen molar-refractivity contribution in [3.8, 4) is 0 Å². The summed E-state index contributed by atoms with van der Waals surface area (Å²) >= 11 is 2.08. The zero-order chi connectivity index (χ0) is 19.1. The van der Waals surface area contributed by atoms with Gasteiger partial charge >= 0.3 is 5.97 Å². The van der Waals surface area contributed by atoms with Gasteiger partial charge in [0.05, 0.1) is 19.6 Å². The number of hydrogen-bond donors (Lipinski definition) is 1. The van der Waals surface area contributed by atoms with Gasteiger partial charge in [-0.05, 0) is 32.6 Å². The molecule has 0 aromatic carbocycles. The zero-order valence-corrected chi connectivity index (χ0v) is 20.6. The summed E-state index contributed by atoms with van der Waals surface area (Å²) in [6, 6.07) is 0. The fourth-order valence-corrected chi connectivity index (χ4v) is 5.69. The van der Waals surface area contributed by atoms with Gasteiger partial charge in [-0.2, -0.15) is 11.8 Å². The highest BCUT2D eigenvalue weighted by Crippen LogP contribution is 2.37. The molecule has 3 fully saturated rings. The molecule has 1 N–H and O–H groups in total. The fraction of sp³-hybridized carbons (Fsp3) is 0.900. The van der Waals surface area contributed by atoms with Crippen molar-refractivity contribution >= 4 is 47.7 Å². The first kappa shape index (κ1) is 24.1. The first-order valence-electron chi connectivity index (χ1n) is 10.6. The molecule has 2 aliphatic heterocycles. The van der Waals surface area contributed by atoms with Crippen molar-refractivity contribution < 1.29 is 9.53 Å². The molecular weight excluding hydrogens is 487 g/mol. The molecule has 162 valence electrons. The molecule has 0 aromatic rings. The van der Waals surface area contributed by atoms with Gasteiger partial charge in [-0.3, -0.25) is 14.7 Å². The Bertz CT molecular complexity index is 514. The van der Waals surface area contributed by atoms with Crippen LogP contribution < -0.4 is 5.32 Å². The van der Waals surface area contributed by atoms with E-state index in [1.165, 1.54) is 57.4 Å². The topological polar surface area (TPSA) is 57.2 Å². The SMILES string of the molecule is CCNC(=NCC1(N2CCSCC2)CCCC1)N1CCC(C(=O)OC)CC1.I. The van der Waals surface area contributed by atoms with Crippen LogP contribution in [0.1, 0.15) is 45.4 Å². The molecule has 3 aliphatic rings. The maximum absolute atomic E-state index is 11.8. The second-order valence-corrected chi connectivity index (χ2v) is 9.21. The van der Waals surface area contributed by atoms with E-state index in [1.807, 2.05) is 0 Å². The molecule has 0 bridgehead atoms. The van der Waals surface area contributed by atoms with E-state index in [-0.39, 0.29) is 41.4 Å². The van der Waals surface area contributed by atoms with Gasteiger partial charge in [-0.1, -0.05) is 12.8 Å². The Kier molecular flexibility index (Phi) is 10.2. The van der Waals surface area contributed by atoms with Crippen molar-refractivity contribution in [3.63, 3.8) is 0 Å². The van der Waals surface area contributed by atoms with Crippen molar-refractivity contribution in [2.75, 3.05) is 57.9 Å². The van der Waals surface area contributed by atoms with Crippen LogP contribution in [0.15, 0.2) is 4.99 Å². The number of ether oxygens (including phenoxy) is 1. The molecule has 0 amide bonds. The second-order valence-electron chi connectivity index (χ2n) is 7.99. The molecule has 0 aromatic heterocycles. The summed E-state index contributed by atoms with van der Waals surface area (Å²) in [4.78, 5) is 22.0. The Morgan fingerprint density at radius 2 is 1.82 bits per heavy atom. The van der Waals surface area contributed by atoms with Crippen LogP contribution in [0.2, 0.25) is 0 Å². The van der Waals surface area contributed by atoms with Crippen LogP contribution in [0.4, 0.5) is 0 Å². The first-order chi connectivity index (χ1) is 13.2. The number of rotatable bonds is 5. The van der Waals surface area contributed by atoms with E-state index in [4.69, 9.17) is 9.73 Å². The molecule has 8 heteroatoms. The van der Waals surface area contributed by atoms with Crippen molar-refractivity contribution in [1.29, 1.82) is 0 Å². The standard InChI is InChI=1S/C20H36N4O2S.HI/c1-3-21-19(23-10-6-17(7-11-23)18(25)26-2)22-16-20(8-4-5-9-20)24-12-14-27-15-13-24;/h17H,3-16H2,1-2H3,(H,21,22);1H. The average Bonchev–Trinajstić information content (AvgIpc) is 3.21. The van der Waals surface area contributed by atoms with Crippen LogP contribution in [0.3, 0.4) is 0 Å². The van der Waals surface area contributed by atoms with Gasteiger partial charge in [0.15, 0.2) is 5.96 Å². The largest absolute Gasteiger partial charge is 0.469 e. The highest BCUT2D eigenvalue weighted by atomic mass is 127. The molecule has 3 rings (SSSR count). The summed E-state index contributed by atoms with van der Waals surface area (Å²) in [5.41, 5.74) is 0.270. The van der Waals surface area contributed by atoms with Crippen molar-refractivity contribution in [2.45, 2.75) is 51.0 Å². The summed E-state index contributed by atoms with van der Waals surface area (Å²) in [5.74, 6) is 3.52. The number of carbonyl (C=O) groups excluding carboxylic acids is 1. The number of likely N-dealkylation sites (tertiary alicyclic amines) is 1. The molecule has 2 saturated heterocycles. The van der Waals surface area contributed by atoms with Gasteiger partial charge in [0.1, 0.15) is 0 Å². The number of carbonyl (C=O) groups is 1. The molecular formula is C20H37IN4O2S. The predicted octanol–water partition coefficient (Wildman–Crippen LogP) is 2.82. The minimum absolute atomic E-state index is 0. The Morgan fingerprint density at radius 1 is 1.18 bits per heavy atom. The Balaban J connectivity index is 0.00000280. The number of guanidine groups is 1. The number of halogens is 1. The van der Waals surface area contributed by atoms with Gasteiger partial charge in [0, 0.05) is 49.8 Å². The molecule has 6 nitrogen and oxygen atoms in total. The Morgan fingerprint density at radius 3 is 2.39 bits per heavy atom. The average molecular weight is 525 g/mol. The Labute approximate surface area is 191 Å². The monoisotopic (exact) mass is 524 g/mol. The molecule has 28 heavy (non-hydrogen) atoms. The van der Waals surface area contributed by atoms with Crippen molar-refractivity contribution in [1.82, 2.24) is 15.1 Å². The molecule has 1 aliphatic carbocycles.